The molecule has 0 aliphatic heterocycles. The lowest BCUT2D eigenvalue weighted by Gasteiger charge is -2.29. The third-order valence-electron chi connectivity index (χ3n) is 7.59. The molecule has 1 aliphatic carbocycles. The monoisotopic (exact) mass is 541 g/mol. The third-order valence-corrected chi connectivity index (χ3v) is 7.80. The Kier molecular flexibility index (Phi) is 6.79. The minimum atomic E-state index is -0.141. The molecule has 0 unspecified atom stereocenters. The first-order chi connectivity index (χ1) is 19.0. The molecule has 0 saturated heterocycles. The number of aryl methyl sites for hydroxylation is 1. The zero-order chi connectivity index (χ0) is 26.9. The van der Waals surface area contributed by atoms with Crippen molar-refractivity contribution in [1.29, 1.82) is 0 Å². The van der Waals surface area contributed by atoms with E-state index in [-0.39, 0.29) is 17.6 Å². The zero-order valence-corrected chi connectivity index (χ0v) is 22.3. The van der Waals surface area contributed by atoms with Crippen LogP contribution >= 0.6 is 11.6 Å². The molecule has 1 fully saturated rings. The summed E-state index contributed by atoms with van der Waals surface area (Å²) in [5.74, 6) is 0.198. The number of carbonyl (C=O) groups excluding carboxylic acids is 1. The van der Waals surface area contributed by atoms with E-state index in [2.05, 4.69) is 15.3 Å². The molecule has 0 radical (unpaired) electrons. The Hall–Kier alpha value is -4.17. The van der Waals surface area contributed by atoms with Crippen molar-refractivity contribution < 1.29 is 9.21 Å². The summed E-state index contributed by atoms with van der Waals surface area (Å²) < 4.78 is 8.80. The van der Waals surface area contributed by atoms with E-state index in [1.165, 1.54) is 6.39 Å². The number of para-hydroxylation sites is 2. The summed E-state index contributed by atoms with van der Waals surface area (Å²) in [6.07, 6.45) is 8.10. The number of carbonyl (C=O) groups is 1. The maximum Gasteiger partial charge on any atom is 0.333 e. The van der Waals surface area contributed by atoms with Crippen molar-refractivity contribution in [2.24, 2.45) is 5.92 Å². The van der Waals surface area contributed by atoms with Crippen molar-refractivity contribution in [3.8, 4) is 16.9 Å². The first-order valence-corrected chi connectivity index (χ1v) is 13.5. The van der Waals surface area contributed by atoms with E-state index in [1.807, 2.05) is 53.1 Å². The number of benzene rings is 2. The molecule has 0 bridgehead atoms. The first kappa shape index (κ1) is 25.1. The second-order valence-corrected chi connectivity index (χ2v) is 10.6. The summed E-state index contributed by atoms with van der Waals surface area (Å²) in [5, 5.41) is 3.60. The second kappa shape index (κ2) is 10.5. The molecule has 39 heavy (non-hydrogen) atoms. The highest BCUT2D eigenvalue weighted by atomic mass is 35.5. The Morgan fingerprint density at radius 2 is 1.85 bits per heavy atom. The molecule has 8 nitrogen and oxygen atoms in total. The minimum absolute atomic E-state index is 0.0622. The third kappa shape index (κ3) is 5.00. The van der Waals surface area contributed by atoms with Gasteiger partial charge >= 0.3 is 5.69 Å². The highest BCUT2D eigenvalue weighted by Crippen LogP contribution is 2.28. The molecule has 1 aliphatic rings. The van der Waals surface area contributed by atoms with Gasteiger partial charge in [0, 0.05) is 24.3 Å². The van der Waals surface area contributed by atoms with Crippen molar-refractivity contribution in [2.45, 2.75) is 45.2 Å². The molecule has 9 heteroatoms. The largest absolute Gasteiger partial charge is 0.451 e. The molecular weight excluding hydrogens is 514 g/mol. The van der Waals surface area contributed by atoms with E-state index in [0.29, 0.717) is 28.7 Å². The number of amides is 1. The molecule has 3 aromatic heterocycles. The summed E-state index contributed by atoms with van der Waals surface area (Å²) in [5.41, 5.74) is 5.28. The van der Waals surface area contributed by atoms with Crippen LogP contribution in [0.15, 0.2) is 82.7 Å². The van der Waals surface area contributed by atoms with E-state index >= 15 is 0 Å². The lowest BCUT2D eigenvalue weighted by Crippen LogP contribution is -2.39. The van der Waals surface area contributed by atoms with Gasteiger partial charge in [0.25, 0.3) is 5.91 Å². The molecule has 1 N–H and O–H groups in total. The number of rotatable bonds is 6. The lowest BCUT2D eigenvalue weighted by molar-refractivity contribution is 0.0919. The van der Waals surface area contributed by atoms with Crippen molar-refractivity contribution in [2.75, 3.05) is 0 Å². The summed E-state index contributed by atoms with van der Waals surface area (Å²) in [7, 11) is 0. The number of hydrogen-bond acceptors (Lipinski definition) is 5. The van der Waals surface area contributed by atoms with Crippen LogP contribution in [0.3, 0.4) is 0 Å². The van der Waals surface area contributed by atoms with E-state index in [9.17, 15) is 9.59 Å². The van der Waals surface area contributed by atoms with Gasteiger partial charge in [-0.05, 0) is 68.9 Å². The Balaban J connectivity index is 1.20. The summed E-state index contributed by atoms with van der Waals surface area (Å²) >= 11 is 6.05. The van der Waals surface area contributed by atoms with Gasteiger partial charge < -0.3 is 9.73 Å². The fraction of sp³-hybridized carbons (Fsp3) is 0.267. The van der Waals surface area contributed by atoms with E-state index < -0.39 is 0 Å². The first-order valence-electron chi connectivity index (χ1n) is 13.1. The van der Waals surface area contributed by atoms with Crippen molar-refractivity contribution in [1.82, 2.24) is 24.4 Å². The molecule has 0 atom stereocenters. The van der Waals surface area contributed by atoms with Gasteiger partial charge in [-0.15, -0.1) is 0 Å². The van der Waals surface area contributed by atoms with Gasteiger partial charge in [-0.25, -0.2) is 9.78 Å². The standard InChI is InChI=1S/C30H28ClN5O3/c1-19-25(14-22(31)15-32-19)29(37)34-23-11-9-20(10-12-23)16-35-27-7-2-3-8-28(27)36(30(35)38)24-6-4-5-21(13-24)26-17-39-18-33-26/h2-8,13-15,17-18,20,23H,9-12,16H2,1H3,(H,34,37)/t20-,23-. The summed E-state index contributed by atoms with van der Waals surface area (Å²) in [6.45, 7) is 2.44. The number of fused-ring (bicyclic) bond motifs is 1. The molecule has 6 rings (SSSR count). The van der Waals surface area contributed by atoms with Gasteiger partial charge in [-0.1, -0.05) is 35.9 Å². The number of halogens is 1. The van der Waals surface area contributed by atoms with Crippen molar-refractivity contribution in [3.05, 3.63) is 100 Å². The van der Waals surface area contributed by atoms with E-state index in [0.717, 1.165) is 53.7 Å². The van der Waals surface area contributed by atoms with Crippen LogP contribution in [0.4, 0.5) is 0 Å². The number of nitrogens with one attached hydrogen (secondary N) is 1. The SMILES string of the molecule is Cc1ncc(Cl)cc1C(=O)N[C@H]1CC[C@H](Cn2c(=O)n(-c3cccc(-c4cocn4)c3)c3ccccc32)CC1. The van der Waals surface area contributed by atoms with Crippen LogP contribution in [-0.2, 0) is 6.54 Å². The quantitative estimate of drug-likeness (QED) is 0.293. The predicted octanol–water partition coefficient (Wildman–Crippen LogP) is 5.79. The highest BCUT2D eigenvalue weighted by molar-refractivity contribution is 6.30. The average molecular weight is 542 g/mol. The molecule has 0 spiro atoms. The molecular formula is C30H28ClN5O3. The van der Waals surface area contributed by atoms with Gasteiger partial charge in [0.05, 0.1) is 33.0 Å². The summed E-state index contributed by atoms with van der Waals surface area (Å²) in [6, 6.07) is 17.4. The van der Waals surface area contributed by atoms with E-state index in [4.69, 9.17) is 16.0 Å². The van der Waals surface area contributed by atoms with Gasteiger partial charge in [0.1, 0.15) is 12.0 Å². The Morgan fingerprint density at radius 1 is 1.05 bits per heavy atom. The summed E-state index contributed by atoms with van der Waals surface area (Å²) in [4.78, 5) is 35.1. The normalized spacial score (nSPS) is 17.4. The Bertz CT molecular complexity index is 1700. The van der Waals surface area contributed by atoms with Gasteiger partial charge in [0.15, 0.2) is 6.39 Å². The molecule has 3 heterocycles. The molecule has 198 valence electrons. The van der Waals surface area contributed by atoms with Crippen LogP contribution < -0.4 is 11.0 Å². The van der Waals surface area contributed by atoms with Crippen LogP contribution in [0.25, 0.3) is 28.0 Å². The maximum absolute atomic E-state index is 13.8. The number of hydrogen-bond donors (Lipinski definition) is 1. The van der Waals surface area contributed by atoms with Crippen LogP contribution in [0, 0.1) is 12.8 Å². The molecule has 1 amide bonds. The Morgan fingerprint density at radius 3 is 2.62 bits per heavy atom. The Labute approximate surface area is 230 Å². The van der Waals surface area contributed by atoms with Crippen LogP contribution in [-0.4, -0.2) is 31.1 Å². The number of aromatic nitrogens is 4. The maximum atomic E-state index is 13.8. The zero-order valence-electron chi connectivity index (χ0n) is 21.5. The van der Waals surface area contributed by atoms with Gasteiger partial charge in [-0.2, -0.15) is 0 Å². The number of oxazole rings is 1. The second-order valence-electron chi connectivity index (χ2n) is 10.1. The fourth-order valence-corrected chi connectivity index (χ4v) is 5.70. The van der Waals surface area contributed by atoms with Gasteiger partial charge in [-0.3, -0.25) is 18.9 Å². The average Bonchev–Trinajstić information content (AvgIpc) is 3.58. The minimum Gasteiger partial charge on any atom is -0.451 e. The number of pyridine rings is 1. The van der Waals surface area contributed by atoms with Crippen molar-refractivity contribution >= 4 is 28.5 Å². The topological polar surface area (TPSA) is 95.0 Å². The lowest BCUT2D eigenvalue weighted by atomic mass is 9.85. The van der Waals surface area contributed by atoms with Gasteiger partial charge in [0.2, 0.25) is 0 Å². The molecule has 2 aromatic carbocycles. The highest BCUT2D eigenvalue weighted by Gasteiger charge is 2.26. The molecule has 1 saturated carbocycles. The fourth-order valence-electron chi connectivity index (χ4n) is 5.54. The van der Waals surface area contributed by atoms with E-state index in [1.54, 1.807) is 30.0 Å². The van der Waals surface area contributed by atoms with Crippen LogP contribution in [0.5, 0.6) is 0 Å². The van der Waals surface area contributed by atoms with Crippen molar-refractivity contribution in [3.63, 3.8) is 0 Å². The number of nitrogens with zero attached hydrogens (tertiary/aromatic N) is 4. The van der Waals surface area contributed by atoms with Crippen LogP contribution in [0.2, 0.25) is 5.02 Å². The smallest absolute Gasteiger partial charge is 0.333 e. The molecule has 5 aromatic rings. The predicted molar refractivity (Wildman–Crippen MR) is 150 cm³/mol. The number of imidazole rings is 1. The van der Waals surface area contributed by atoms with Crippen LogP contribution in [0.1, 0.15) is 41.7 Å².